The largest absolute Gasteiger partial charge is 0.485 e. The third kappa shape index (κ3) is 5.81. The van der Waals surface area contributed by atoms with Gasteiger partial charge in [0.2, 0.25) is 0 Å². The first-order valence-corrected chi connectivity index (χ1v) is 6.47. The third-order valence-electron chi connectivity index (χ3n) is 2.52. The average Bonchev–Trinajstić information content (AvgIpc) is 2.35. The molecule has 0 saturated heterocycles. The molecule has 114 valence electrons. The van der Waals surface area contributed by atoms with Gasteiger partial charge in [0.15, 0.2) is 17.4 Å². The highest BCUT2D eigenvalue weighted by Crippen LogP contribution is 2.23. The number of halogens is 2. The Morgan fingerprint density at radius 2 is 1.70 bits per heavy atom. The van der Waals surface area contributed by atoms with Crippen LogP contribution in [-0.4, -0.2) is 39.6 Å². The third-order valence-corrected chi connectivity index (χ3v) is 2.52. The molecule has 4 nitrogen and oxygen atoms in total. The summed E-state index contributed by atoms with van der Waals surface area (Å²) in [4.78, 5) is 0. The first kappa shape index (κ1) is 16.8. The summed E-state index contributed by atoms with van der Waals surface area (Å²) in [5.41, 5.74) is 6.11. The molecule has 0 saturated carbocycles. The maximum absolute atomic E-state index is 13.7. The molecule has 0 fully saturated rings. The van der Waals surface area contributed by atoms with Crippen LogP contribution in [0, 0.1) is 11.6 Å². The number of methoxy groups -OCH3 is 1. The lowest BCUT2D eigenvalue weighted by Gasteiger charge is -2.11. The molecule has 1 atom stereocenters. The minimum Gasteiger partial charge on any atom is -0.485 e. The van der Waals surface area contributed by atoms with Crippen LogP contribution in [0.2, 0.25) is 0 Å². The quantitative estimate of drug-likeness (QED) is 0.705. The molecule has 0 aliphatic rings. The second-order valence-electron chi connectivity index (χ2n) is 4.52. The van der Waals surface area contributed by atoms with Crippen molar-refractivity contribution in [3.05, 3.63) is 29.3 Å². The Morgan fingerprint density at radius 1 is 1.10 bits per heavy atom. The second-order valence-corrected chi connectivity index (χ2v) is 4.52. The van der Waals surface area contributed by atoms with Gasteiger partial charge in [0.05, 0.1) is 19.8 Å². The molecule has 1 aromatic rings. The van der Waals surface area contributed by atoms with Crippen molar-refractivity contribution in [1.82, 2.24) is 0 Å². The SMILES string of the molecule is COCCOCCOc1c(F)cc(CC(C)N)cc1F. The van der Waals surface area contributed by atoms with Crippen LogP contribution in [0.3, 0.4) is 0 Å². The summed E-state index contributed by atoms with van der Waals surface area (Å²) in [7, 11) is 1.56. The fourth-order valence-corrected chi connectivity index (χ4v) is 1.69. The van der Waals surface area contributed by atoms with Crippen molar-refractivity contribution in [3.63, 3.8) is 0 Å². The van der Waals surface area contributed by atoms with Crippen molar-refractivity contribution in [1.29, 1.82) is 0 Å². The van der Waals surface area contributed by atoms with Crippen LogP contribution in [0.1, 0.15) is 12.5 Å². The molecular formula is C14H21F2NO3. The highest BCUT2D eigenvalue weighted by atomic mass is 19.1. The average molecular weight is 289 g/mol. The molecule has 0 aromatic heterocycles. The summed E-state index contributed by atoms with van der Waals surface area (Å²) in [6.45, 7) is 2.97. The van der Waals surface area contributed by atoms with Gasteiger partial charge >= 0.3 is 0 Å². The standard InChI is InChI=1S/C14H21F2NO3/c1-10(17)7-11-8-12(15)14(13(16)9-11)20-6-5-19-4-3-18-2/h8-10H,3-7,17H2,1-2H3. The van der Waals surface area contributed by atoms with E-state index in [1.165, 1.54) is 12.1 Å². The Kier molecular flexibility index (Phi) is 7.43. The maximum atomic E-state index is 13.7. The number of ether oxygens (including phenoxy) is 3. The van der Waals surface area contributed by atoms with Gasteiger partial charge in [-0.3, -0.25) is 0 Å². The molecule has 0 aliphatic carbocycles. The molecule has 1 unspecified atom stereocenters. The zero-order valence-corrected chi connectivity index (χ0v) is 11.8. The van der Waals surface area contributed by atoms with Crippen molar-refractivity contribution in [2.75, 3.05) is 33.5 Å². The van der Waals surface area contributed by atoms with E-state index in [0.717, 1.165) is 0 Å². The molecule has 0 heterocycles. The van der Waals surface area contributed by atoms with Crippen LogP contribution >= 0.6 is 0 Å². The minimum atomic E-state index is -0.724. The lowest BCUT2D eigenvalue weighted by Crippen LogP contribution is -2.18. The van der Waals surface area contributed by atoms with Gasteiger partial charge in [0.25, 0.3) is 0 Å². The van der Waals surface area contributed by atoms with Crippen molar-refractivity contribution in [2.45, 2.75) is 19.4 Å². The van der Waals surface area contributed by atoms with Gasteiger partial charge in [-0.15, -0.1) is 0 Å². The molecule has 0 bridgehead atoms. The normalized spacial score (nSPS) is 12.4. The maximum Gasteiger partial charge on any atom is 0.190 e. The summed E-state index contributed by atoms with van der Waals surface area (Å²) in [5.74, 6) is -1.83. The first-order valence-electron chi connectivity index (χ1n) is 6.47. The van der Waals surface area contributed by atoms with E-state index in [4.69, 9.17) is 19.9 Å². The molecule has 20 heavy (non-hydrogen) atoms. The van der Waals surface area contributed by atoms with E-state index in [0.29, 0.717) is 25.2 Å². The molecule has 1 rings (SSSR count). The number of hydrogen-bond donors (Lipinski definition) is 1. The molecule has 0 radical (unpaired) electrons. The summed E-state index contributed by atoms with van der Waals surface area (Å²) >= 11 is 0. The van der Waals surface area contributed by atoms with Crippen LogP contribution < -0.4 is 10.5 Å². The van der Waals surface area contributed by atoms with Gasteiger partial charge in [-0.2, -0.15) is 0 Å². The summed E-state index contributed by atoms with van der Waals surface area (Å²) in [6, 6.07) is 2.33. The van der Waals surface area contributed by atoms with Gasteiger partial charge in [-0.05, 0) is 31.0 Å². The Morgan fingerprint density at radius 3 is 2.25 bits per heavy atom. The molecular weight excluding hydrogens is 268 g/mol. The molecule has 6 heteroatoms. The lowest BCUT2D eigenvalue weighted by atomic mass is 10.1. The van der Waals surface area contributed by atoms with Crippen molar-refractivity contribution < 1.29 is 23.0 Å². The Balaban J connectivity index is 2.49. The first-order chi connectivity index (χ1) is 9.54. The van der Waals surface area contributed by atoms with Crippen LogP contribution in [0.5, 0.6) is 5.75 Å². The highest BCUT2D eigenvalue weighted by Gasteiger charge is 2.13. The highest BCUT2D eigenvalue weighted by molar-refractivity contribution is 5.31. The Hall–Kier alpha value is -1.24. The number of benzene rings is 1. The van der Waals surface area contributed by atoms with E-state index >= 15 is 0 Å². The summed E-state index contributed by atoms with van der Waals surface area (Å²) in [6.07, 6.45) is 0.411. The van der Waals surface area contributed by atoms with Gasteiger partial charge in [-0.25, -0.2) is 8.78 Å². The Labute approximate surface area is 117 Å². The topological polar surface area (TPSA) is 53.7 Å². The summed E-state index contributed by atoms with van der Waals surface area (Å²) < 4.78 is 42.4. The van der Waals surface area contributed by atoms with Gasteiger partial charge in [0.1, 0.15) is 6.61 Å². The van der Waals surface area contributed by atoms with Crippen molar-refractivity contribution in [3.8, 4) is 5.75 Å². The van der Waals surface area contributed by atoms with E-state index in [9.17, 15) is 8.78 Å². The van der Waals surface area contributed by atoms with E-state index in [1.807, 2.05) is 0 Å². The molecule has 0 aliphatic heterocycles. The van der Waals surface area contributed by atoms with E-state index in [2.05, 4.69) is 0 Å². The van der Waals surface area contributed by atoms with Crippen molar-refractivity contribution >= 4 is 0 Å². The predicted octanol–water partition coefficient (Wildman–Crippen LogP) is 1.90. The van der Waals surface area contributed by atoms with Crippen LogP contribution in [0.4, 0.5) is 8.78 Å². The fraction of sp³-hybridized carbons (Fsp3) is 0.571. The zero-order chi connectivity index (χ0) is 15.0. The number of nitrogens with two attached hydrogens (primary N) is 1. The van der Waals surface area contributed by atoms with Crippen LogP contribution in [-0.2, 0) is 15.9 Å². The minimum absolute atomic E-state index is 0.0736. The van der Waals surface area contributed by atoms with E-state index < -0.39 is 11.6 Å². The van der Waals surface area contributed by atoms with Crippen molar-refractivity contribution in [2.24, 2.45) is 5.73 Å². The fourth-order valence-electron chi connectivity index (χ4n) is 1.69. The predicted molar refractivity (Wildman–Crippen MR) is 71.9 cm³/mol. The second kappa shape index (κ2) is 8.84. The smallest absolute Gasteiger partial charge is 0.190 e. The lowest BCUT2D eigenvalue weighted by molar-refractivity contribution is 0.0531. The Bertz CT molecular complexity index is 390. The zero-order valence-electron chi connectivity index (χ0n) is 11.8. The molecule has 0 amide bonds. The van der Waals surface area contributed by atoms with E-state index in [1.54, 1.807) is 14.0 Å². The molecule has 2 N–H and O–H groups in total. The van der Waals surface area contributed by atoms with Gasteiger partial charge in [0, 0.05) is 13.2 Å². The van der Waals surface area contributed by atoms with E-state index in [-0.39, 0.29) is 25.0 Å². The summed E-state index contributed by atoms with van der Waals surface area (Å²) in [5, 5.41) is 0. The molecule has 1 aromatic carbocycles. The van der Waals surface area contributed by atoms with Gasteiger partial charge < -0.3 is 19.9 Å². The van der Waals surface area contributed by atoms with Gasteiger partial charge in [-0.1, -0.05) is 0 Å². The monoisotopic (exact) mass is 289 g/mol. The van der Waals surface area contributed by atoms with Crippen LogP contribution in [0.15, 0.2) is 12.1 Å². The number of hydrogen-bond acceptors (Lipinski definition) is 4. The van der Waals surface area contributed by atoms with Crippen LogP contribution in [0.25, 0.3) is 0 Å². The molecule has 0 spiro atoms. The number of rotatable bonds is 9.